The average Bonchev–Trinajstić information content (AvgIpc) is 3.36. The summed E-state index contributed by atoms with van der Waals surface area (Å²) < 4.78 is 5.94. The van der Waals surface area contributed by atoms with E-state index in [0.717, 1.165) is 49.1 Å². The van der Waals surface area contributed by atoms with Crippen LogP contribution in [0.4, 0.5) is 0 Å². The Morgan fingerprint density at radius 2 is 1.57 bits per heavy atom. The fourth-order valence-corrected chi connectivity index (χ4v) is 13.0. The molecule has 1 N–H and O–H groups in total. The maximum absolute atomic E-state index is 14.4. The standard InChI is InChI=1S/C39H56ClNO3/c1-24(2)28-15-20-39(34(43)41-23-26-9-11-27(40)12-10-26)22-21-37(7)29(33(28)39)13-14-31-36(6)18-17-32(44-25(3)42)35(4,5)30(36)16-19-38(31,37)8/h9-12,28-33H,1,13-23H2,2-8H3,(H,41,43)/t28-,29+,30-,31+,32-,33+,36-,37+,38+,39-/m0/s1. The molecule has 0 saturated heterocycles. The van der Waals surface area contributed by atoms with Crippen LogP contribution in [0, 0.1) is 56.7 Å². The molecule has 5 aliphatic carbocycles. The zero-order valence-corrected chi connectivity index (χ0v) is 29.1. The Labute approximate surface area is 271 Å². The molecule has 0 heterocycles. The molecule has 242 valence electrons. The lowest BCUT2D eigenvalue weighted by atomic mass is 9.32. The monoisotopic (exact) mass is 621 g/mol. The molecule has 0 aliphatic heterocycles. The van der Waals surface area contributed by atoms with Crippen molar-refractivity contribution >= 4 is 23.5 Å². The van der Waals surface area contributed by atoms with E-state index in [1.807, 2.05) is 24.3 Å². The number of allylic oxidation sites excluding steroid dienone is 1. The molecule has 6 rings (SSSR count). The maximum Gasteiger partial charge on any atom is 0.302 e. The molecule has 4 nitrogen and oxygen atoms in total. The van der Waals surface area contributed by atoms with Crippen LogP contribution in [0.3, 0.4) is 0 Å². The minimum absolute atomic E-state index is 0.00542. The Hall–Kier alpha value is -1.81. The number of hydrogen-bond donors (Lipinski definition) is 1. The number of carbonyl (C=O) groups is 2. The van der Waals surface area contributed by atoms with E-state index >= 15 is 0 Å². The van der Waals surface area contributed by atoms with Gasteiger partial charge in [0.25, 0.3) is 0 Å². The van der Waals surface area contributed by atoms with Crippen LogP contribution in [0.25, 0.3) is 0 Å². The fraction of sp³-hybridized carbons (Fsp3) is 0.744. The predicted molar refractivity (Wildman–Crippen MR) is 178 cm³/mol. The topological polar surface area (TPSA) is 55.4 Å². The zero-order valence-electron chi connectivity index (χ0n) is 28.4. The Morgan fingerprint density at radius 3 is 2.23 bits per heavy atom. The van der Waals surface area contributed by atoms with Gasteiger partial charge in [-0.1, -0.05) is 70.5 Å². The van der Waals surface area contributed by atoms with E-state index in [9.17, 15) is 9.59 Å². The van der Waals surface area contributed by atoms with E-state index in [1.54, 1.807) is 6.92 Å². The number of esters is 1. The number of carbonyl (C=O) groups excluding carboxylic acids is 2. The molecule has 1 aromatic rings. The van der Waals surface area contributed by atoms with Gasteiger partial charge < -0.3 is 10.1 Å². The van der Waals surface area contributed by atoms with Crippen LogP contribution >= 0.6 is 11.6 Å². The van der Waals surface area contributed by atoms with Crippen molar-refractivity contribution in [2.24, 2.45) is 56.7 Å². The molecule has 5 fully saturated rings. The molecule has 0 bridgehead atoms. The quantitative estimate of drug-likeness (QED) is 0.263. The summed E-state index contributed by atoms with van der Waals surface area (Å²) >= 11 is 6.12. The van der Waals surface area contributed by atoms with Gasteiger partial charge in [0.2, 0.25) is 5.91 Å². The van der Waals surface area contributed by atoms with E-state index in [-0.39, 0.29) is 45.1 Å². The van der Waals surface area contributed by atoms with Gasteiger partial charge in [-0.3, -0.25) is 9.59 Å². The highest BCUT2D eigenvalue weighted by Crippen LogP contribution is 2.77. The molecule has 5 heteroatoms. The van der Waals surface area contributed by atoms with Crippen LogP contribution in [0.5, 0.6) is 0 Å². The van der Waals surface area contributed by atoms with Gasteiger partial charge in [0.1, 0.15) is 6.10 Å². The number of ether oxygens (including phenoxy) is 1. The van der Waals surface area contributed by atoms with Gasteiger partial charge in [-0.15, -0.1) is 0 Å². The number of nitrogens with one attached hydrogen (secondary N) is 1. The summed E-state index contributed by atoms with van der Waals surface area (Å²) in [7, 11) is 0. The third kappa shape index (κ3) is 4.57. The van der Waals surface area contributed by atoms with Gasteiger partial charge in [-0.25, -0.2) is 0 Å². The fourth-order valence-electron chi connectivity index (χ4n) is 12.9. The lowest BCUT2D eigenvalue weighted by Gasteiger charge is -2.72. The van der Waals surface area contributed by atoms with Crippen molar-refractivity contribution in [1.29, 1.82) is 0 Å². The van der Waals surface area contributed by atoms with Crippen molar-refractivity contribution < 1.29 is 14.3 Å². The van der Waals surface area contributed by atoms with Gasteiger partial charge in [0, 0.05) is 23.9 Å². The zero-order chi connectivity index (χ0) is 31.9. The lowest BCUT2D eigenvalue weighted by Crippen LogP contribution is -2.67. The molecule has 1 amide bonds. The number of rotatable bonds is 5. The first kappa shape index (κ1) is 32.1. The number of halogens is 1. The average molecular weight is 622 g/mol. The van der Waals surface area contributed by atoms with Crippen molar-refractivity contribution in [1.82, 2.24) is 5.32 Å². The van der Waals surface area contributed by atoms with Crippen molar-refractivity contribution in [3.8, 4) is 0 Å². The second-order valence-corrected chi connectivity index (χ2v) is 17.5. The van der Waals surface area contributed by atoms with Crippen LogP contribution in [-0.2, 0) is 20.9 Å². The summed E-state index contributed by atoms with van der Waals surface area (Å²) in [6.45, 7) is 21.4. The van der Waals surface area contributed by atoms with E-state index in [2.05, 4.69) is 53.4 Å². The van der Waals surface area contributed by atoms with Crippen molar-refractivity contribution in [3.63, 3.8) is 0 Å². The molecule has 0 aromatic heterocycles. The maximum atomic E-state index is 14.4. The van der Waals surface area contributed by atoms with Crippen LogP contribution in [-0.4, -0.2) is 18.0 Å². The SMILES string of the molecule is C=C(C)[C@@H]1CC[C@]2(C(=O)NCc3ccc(Cl)cc3)CC[C@]3(C)[C@H](CC[C@@H]4[C@@]5(C)CC[C@H](OC(C)=O)C(C)(C)[C@@H]5CC[C@]43C)[C@@H]12. The molecule has 1 aromatic carbocycles. The lowest BCUT2D eigenvalue weighted by molar-refractivity contribution is -0.248. The number of benzene rings is 1. The number of hydrogen-bond acceptors (Lipinski definition) is 3. The first-order valence-corrected chi connectivity index (χ1v) is 17.8. The number of amides is 1. The van der Waals surface area contributed by atoms with Gasteiger partial charge in [0.15, 0.2) is 0 Å². The second-order valence-electron chi connectivity index (χ2n) is 17.1. The van der Waals surface area contributed by atoms with E-state index in [0.29, 0.717) is 36.1 Å². The highest BCUT2D eigenvalue weighted by Gasteiger charge is 2.72. The van der Waals surface area contributed by atoms with E-state index in [4.69, 9.17) is 16.3 Å². The summed E-state index contributed by atoms with van der Waals surface area (Å²) in [5.41, 5.74) is 2.65. The van der Waals surface area contributed by atoms with Gasteiger partial charge in [0.05, 0.1) is 5.41 Å². The molecular weight excluding hydrogens is 566 g/mol. The predicted octanol–water partition coefficient (Wildman–Crippen LogP) is 9.55. The van der Waals surface area contributed by atoms with Crippen LogP contribution in [0.1, 0.15) is 118 Å². The first-order valence-electron chi connectivity index (χ1n) is 17.5. The third-order valence-electron chi connectivity index (χ3n) is 15.1. The third-order valence-corrected chi connectivity index (χ3v) is 15.4. The molecule has 44 heavy (non-hydrogen) atoms. The van der Waals surface area contributed by atoms with Gasteiger partial charge in [-0.2, -0.15) is 0 Å². The Bertz CT molecular complexity index is 1320. The molecule has 5 aliphatic rings. The van der Waals surface area contributed by atoms with E-state index in [1.165, 1.54) is 31.3 Å². The summed E-state index contributed by atoms with van der Waals surface area (Å²) in [4.78, 5) is 26.4. The summed E-state index contributed by atoms with van der Waals surface area (Å²) in [6, 6.07) is 7.84. The summed E-state index contributed by atoms with van der Waals surface area (Å²) in [5.74, 6) is 2.58. The van der Waals surface area contributed by atoms with Crippen molar-refractivity contribution in [3.05, 3.63) is 47.0 Å². The Balaban J connectivity index is 1.30. The molecule has 5 saturated carbocycles. The largest absolute Gasteiger partial charge is 0.462 e. The Kier molecular flexibility index (Phi) is 7.95. The van der Waals surface area contributed by atoms with Crippen molar-refractivity contribution in [2.75, 3.05) is 0 Å². The molecule has 0 unspecified atom stereocenters. The summed E-state index contributed by atoms with van der Waals surface area (Å²) in [5, 5.41) is 4.13. The normalized spacial score (nSPS) is 43.9. The Morgan fingerprint density at radius 1 is 0.864 bits per heavy atom. The van der Waals surface area contributed by atoms with E-state index < -0.39 is 0 Å². The second kappa shape index (κ2) is 10.9. The first-order chi connectivity index (χ1) is 20.6. The van der Waals surface area contributed by atoms with Gasteiger partial charge >= 0.3 is 5.97 Å². The molecule has 0 radical (unpaired) electrons. The minimum Gasteiger partial charge on any atom is -0.462 e. The highest BCUT2D eigenvalue weighted by atomic mass is 35.5. The van der Waals surface area contributed by atoms with Gasteiger partial charge in [-0.05, 0) is 135 Å². The smallest absolute Gasteiger partial charge is 0.302 e. The van der Waals surface area contributed by atoms with Crippen LogP contribution in [0.2, 0.25) is 5.02 Å². The van der Waals surface area contributed by atoms with Crippen molar-refractivity contribution in [2.45, 2.75) is 125 Å². The van der Waals surface area contributed by atoms with Crippen LogP contribution < -0.4 is 5.32 Å². The minimum atomic E-state index is -0.311. The summed E-state index contributed by atoms with van der Waals surface area (Å²) in [6.07, 6.45) is 11.1. The number of fused-ring (bicyclic) bond motifs is 7. The molecule has 0 spiro atoms. The molecular formula is C39H56ClNO3. The van der Waals surface area contributed by atoms with Crippen LogP contribution in [0.15, 0.2) is 36.4 Å². The highest BCUT2D eigenvalue weighted by molar-refractivity contribution is 6.30. The molecule has 10 atom stereocenters.